The van der Waals surface area contributed by atoms with Crippen molar-refractivity contribution >= 4 is 15.4 Å². The van der Waals surface area contributed by atoms with E-state index in [0.717, 1.165) is 0 Å². The maximum Gasteiger partial charge on any atom is 0.466 e. The van der Waals surface area contributed by atoms with Gasteiger partial charge in [0.1, 0.15) is 0 Å². The standard InChI is InChI=1S/C3H9O3P.H3O4P/c1-5-7(3,4)6-2;1-5(2,3)4/h1-3H3;(H3,1,2,3,4). The average Bonchev–Trinajstić information content (AvgIpc) is 1.85. The van der Waals surface area contributed by atoms with Gasteiger partial charge in [0, 0.05) is 20.9 Å². The van der Waals surface area contributed by atoms with E-state index in [1.807, 2.05) is 0 Å². The molecule has 0 amide bonds. The average molecular weight is 222 g/mol. The fourth-order valence-electron chi connectivity index (χ4n) is 0.0745. The first kappa shape index (κ1) is 14.8. The van der Waals surface area contributed by atoms with E-state index < -0.39 is 15.4 Å². The molecule has 0 bridgehead atoms. The lowest BCUT2D eigenvalue weighted by Gasteiger charge is -2.04. The third-order valence-electron chi connectivity index (χ3n) is 0.663. The Morgan fingerprint density at radius 2 is 1.17 bits per heavy atom. The number of hydrogen-bond acceptors (Lipinski definition) is 4. The van der Waals surface area contributed by atoms with Crippen LogP contribution < -0.4 is 0 Å². The fourth-order valence-corrected chi connectivity index (χ4v) is 0.224. The van der Waals surface area contributed by atoms with Crippen molar-refractivity contribution < 1.29 is 32.9 Å². The summed E-state index contributed by atoms with van der Waals surface area (Å²) >= 11 is 0. The summed E-state index contributed by atoms with van der Waals surface area (Å²) in [6.07, 6.45) is 0. The molecule has 0 saturated carbocycles. The number of rotatable bonds is 2. The second-order valence-electron chi connectivity index (χ2n) is 1.65. The van der Waals surface area contributed by atoms with E-state index in [4.69, 9.17) is 19.2 Å². The Bertz CT molecular complexity index is 179. The minimum Gasteiger partial charge on any atom is -0.312 e. The molecule has 0 atom stereocenters. The Hall–Kier alpha value is 0.260. The predicted molar refractivity (Wildman–Crippen MR) is 41.8 cm³/mol. The summed E-state index contributed by atoms with van der Waals surface area (Å²) in [6.45, 7) is 1.41. The van der Waals surface area contributed by atoms with Crippen molar-refractivity contribution in [2.45, 2.75) is 0 Å². The lowest BCUT2D eigenvalue weighted by Crippen LogP contribution is -1.82. The largest absolute Gasteiger partial charge is 0.466 e. The molecule has 76 valence electrons. The molecule has 9 heteroatoms. The Kier molecular flexibility index (Phi) is 7.17. The molecule has 0 aromatic carbocycles. The van der Waals surface area contributed by atoms with Crippen LogP contribution in [-0.4, -0.2) is 35.6 Å². The molecule has 0 radical (unpaired) electrons. The topological polar surface area (TPSA) is 113 Å². The third kappa shape index (κ3) is 22.5. The molecule has 0 rings (SSSR count). The highest BCUT2D eigenvalue weighted by atomic mass is 31.2. The molecule has 0 aliphatic rings. The van der Waals surface area contributed by atoms with Gasteiger partial charge in [0.2, 0.25) is 0 Å². The van der Waals surface area contributed by atoms with Crippen LogP contribution in [0.2, 0.25) is 0 Å². The summed E-state index contributed by atoms with van der Waals surface area (Å²) in [4.78, 5) is 21.6. The third-order valence-corrected chi connectivity index (χ3v) is 1.99. The Morgan fingerprint density at radius 1 is 1.00 bits per heavy atom. The fraction of sp³-hybridized carbons (Fsp3) is 1.00. The summed E-state index contributed by atoms with van der Waals surface area (Å²) in [7, 11) is -4.59. The normalized spacial score (nSPS) is 11.8. The highest BCUT2D eigenvalue weighted by Crippen LogP contribution is 2.40. The van der Waals surface area contributed by atoms with E-state index in [-0.39, 0.29) is 0 Å². The summed E-state index contributed by atoms with van der Waals surface area (Å²) in [5.74, 6) is 0. The van der Waals surface area contributed by atoms with Crippen molar-refractivity contribution in [3.8, 4) is 0 Å². The van der Waals surface area contributed by atoms with Crippen LogP contribution in [0.15, 0.2) is 0 Å². The molecule has 0 aliphatic carbocycles. The first-order valence-electron chi connectivity index (χ1n) is 2.59. The maximum absolute atomic E-state index is 10.5. The van der Waals surface area contributed by atoms with Crippen LogP contribution >= 0.6 is 15.4 Å². The molecule has 0 aromatic rings. The Labute approximate surface area is 70.1 Å². The van der Waals surface area contributed by atoms with E-state index in [1.54, 1.807) is 0 Å². The van der Waals surface area contributed by atoms with Gasteiger partial charge in [-0.2, -0.15) is 0 Å². The van der Waals surface area contributed by atoms with E-state index in [0.29, 0.717) is 0 Å². The van der Waals surface area contributed by atoms with Crippen molar-refractivity contribution in [1.82, 2.24) is 0 Å². The van der Waals surface area contributed by atoms with Crippen molar-refractivity contribution in [2.24, 2.45) is 0 Å². The summed E-state index contributed by atoms with van der Waals surface area (Å²) in [5, 5.41) is 0. The van der Waals surface area contributed by atoms with Gasteiger partial charge in [-0.1, -0.05) is 0 Å². The van der Waals surface area contributed by atoms with Gasteiger partial charge < -0.3 is 23.7 Å². The van der Waals surface area contributed by atoms with Crippen LogP contribution in [0.5, 0.6) is 0 Å². The van der Waals surface area contributed by atoms with E-state index in [2.05, 4.69) is 9.05 Å². The van der Waals surface area contributed by atoms with Crippen LogP contribution in [0.1, 0.15) is 0 Å². The lowest BCUT2D eigenvalue weighted by molar-refractivity contribution is 0.275. The highest BCUT2D eigenvalue weighted by molar-refractivity contribution is 7.52. The number of phosphoric acid groups is 1. The van der Waals surface area contributed by atoms with Gasteiger partial charge in [-0.15, -0.1) is 0 Å². The maximum atomic E-state index is 10.5. The molecule has 0 fully saturated rings. The highest BCUT2D eigenvalue weighted by Gasteiger charge is 2.08. The van der Waals surface area contributed by atoms with Crippen LogP contribution in [0.4, 0.5) is 0 Å². The Balaban J connectivity index is 0. The molecule has 7 nitrogen and oxygen atoms in total. The smallest absolute Gasteiger partial charge is 0.312 e. The van der Waals surface area contributed by atoms with Gasteiger partial charge in [-0.25, -0.2) is 4.57 Å². The van der Waals surface area contributed by atoms with Gasteiger partial charge in [-0.05, 0) is 0 Å². The first-order valence-corrected chi connectivity index (χ1v) is 6.15. The molecule has 0 aliphatic heterocycles. The Morgan fingerprint density at radius 3 is 1.17 bits per heavy atom. The van der Waals surface area contributed by atoms with Gasteiger partial charge in [0.05, 0.1) is 0 Å². The van der Waals surface area contributed by atoms with E-state index in [1.165, 1.54) is 20.9 Å². The molecule has 0 heterocycles. The zero-order valence-electron chi connectivity index (χ0n) is 6.87. The van der Waals surface area contributed by atoms with Crippen LogP contribution in [0.25, 0.3) is 0 Å². The van der Waals surface area contributed by atoms with Crippen LogP contribution in [0.3, 0.4) is 0 Å². The van der Waals surface area contributed by atoms with Crippen LogP contribution in [0, 0.1) is 0 Å². The van der Waals surface area contributed by atoms with Gasteiger partial charge in [-0.3, -0.25) is 4.57 Å². The monoisotopic (exact) mass is 222 g/mol. The van der Waals surface area contributed by atoms with Crippen LogP contribution in [-0.2, 0) is 18.2 Å². The second-order valence-corrected chi connectivity index (χ2v) is 4.95. The molecular formula is C3H12O7P2. The van der Waals surface area contributed by atoms with Crippen molar-refractivity contribution in [1.29, 1.82) is 0 Å². The SMILES string of the molecule is COP(C)(=O)OC.O=P(O)(O)O. The zero-order valence-corrected chi connectivity index (χ0v) is 8.66. The number of hydrogen-bond donors (Lipinski definition) is 3. The van der Waals surface area contributed by atoms with Crippen molar-refractivity contribution in [3.05, 3.63) is 0 Å². The molecule has 0 saturated heterocycles. The quantitative estimate of drug-likeness (QED) is 0.570. The molecule has 3 N–H and O–H groups in total. The van der Waals surface area contributed by atoms with Gasteiger partial charge in [0.15, 0.2) is 0 Å². The van der Waals surface area contributed by atoms with Gasteiger partial charge in [0.25, 0.3) is 0 Å². The second kappa shape index (κ2) is 5.83. The molecular weight excluding hydrogens is 210 g/mol. The minimum absolute atomic E-state index is 1.35. The van der Waals surface area contributed by atoms with Gasteiger partial charge >= 0.3 is 15.4 Å². The minimum atomic E-state index is -4.64. The molecule has 12 heavy (non-hydrogen) atoms. The predicted octanol–water partition coefficient (Wildman–Crippen LogP) is 0.173. The molecule has 0 unspecified atom stereocenters. The summed E-state index contributed by atoms with van der Waals surface area (Å²) in [5.41, 5.74) is 0. The molecule has 0 aromatic heterocycles. The summed E-state index contributed by atoms with van der Waals surface area (Å²) < 4.78 is 28.2. The molecule has 0 spiro atoms. The zero-order chi connectivity index (χ0) is 10.4. The summed E-state index contributed by atoms with van der Waals surface area (Å²) in [6, 6.07) is 0. The lowest BCUT2D eigenvalue weighted by atomic mass is 11.8. The van der Waals surface area contributed by atoms with Crippen molar-refractivity contribution in [2.75, 3.05) is 20.9 Å². The van der Waals surface area contributed by atoms with E-state index in [9.17, 15) is 4.57 Å². The van der Waals surface area contributed by atoms with Crippen molar-refractivity contribution in [3.63, 3.8) is 0 Å². The first-order chi connectivity index (χ1) is 5.12. The van der Waals surface area contributed by atoms with E-state index >= 15 is 0 Å².